The standard InChI is InChI=1S/C11H8N2O2S/c1-6-9(10(14)15)13-7-4-2-3-5-8(7)16-11(13)12-6/h2-5H,1H3,(H,14,15). The minimum absolute atomic E-state index is 0.257. The summed E-state index contributed by atoms with van der Waals surface area (Å²) in [5.41, 5.74) is 1.72. The zero-order valence-electron chi connectivity index (χ0n) is 8.47. The van der Waals surface area contributed by atoms with Crippen LogP contribution in [0.25, 0.3) is 15.2 Å². The number of hydrogen-bond acceptors (Lipinski definition) is 3. The summed E-state index contributed by atoms with van der Waals surface area (Å²) in [6, 6.07) is 7.71. The molecule has 3 rings (SSSR count). The number of carbonyl (C=O) groups is 1. The molecule has 0 fully saturated rings. The van der Waals surface area contributed by atoms with Crippen LogP contribution in [0.2, 0.25) is 0 Å². The van der Waals surface area contributed by atoms with E-state index in [1.165, 1.54) is 11.3 Å². The number of carboxylic acids is 1. The Morgan fingerprint density at radius 1 is 1.44 bits per heavy atom. The van der Waals surface area contributed by atoms with Crippen molar-refractivity contribution in [1.82, 2.24) is 9.38 Å². The minimum atomic E-state index is -0.937. The molecule has 16 heavy (non-hydrogen) atoms. The van der Waals surface area contributed by atoms with Gasteiger partial charge in [0, 0.05) is 0 Å². The number of aromatic carboxylic acids is 1. The molecule has 2 aromatic heterocycles. The van der Waals surface area contributed by atoms with Crippen molar-refractivity contribution in [2.24, 2.45) is 0 Å². The molecule has 0 aliphatic carbocycles. The van der Waals surface area contributed by atoms with Gasteiger partial charge in [-0.15, -0.1) is 0 Å². The summed E-state index contributed by atoms with van der Waals surface area (Å²) in [5, 5.41) is 9.17. The normalized spacial score (nSPS) is 11.3. The van der Waals surface area contributed by atoms with Gasteiger partial charge in [-0.2, -0.15) is 0 Å². The highest BCUT2D eigenvalue weighted by molar-refractivity contribution is 7.23. The number of thiazole rings is 1. The van der Waals surface area contributed by atoms with E-state index in [0.717, 1.165) is 15.2 Å². The third-order valence-electron chi connectivity index (χ3n) is 2.53. The largest absolute Gasteiger partial charge is 0.477 e. The Morgan fingerprint density at radius 3 is 2.94 bits per heavy atom. The third-order valence-corrected chi connectivity index (χ3v) is 3.55. The summed E-state index contributed by atoms with van der Waals surface area (Å²) >= 11 is 1.50. The van der Waals surface area contributed by atoms with Crippen LogP contribution < -0.4 is 0 Å². The van der Waals surface area contributed by atoms with Gasteiger partial charge in [0.05, 0.1) is 15.9 Å². The van der Waals surface area contributed by atoms with Crippen LogP contribution in [0, 0.1) is 6.92 Å². The minimum Gasteiger partial charge on any atom is -0.477 e. The van der Waals surface area contributed by atoms with E-state index >= 15 is 0 Å². The Hall–Kier alpha value is -1.88. The molecular weight excluding hydrogens is 224 g/mol. The SMILES string of the molecule is Cc1nc2sc3ccccc3n2c1C(=O)O. The van der Waals surface area contributed by atoms with Crippen LogP contribution in [0.5, 0.6) is 0 Å². The number of hydrogen-bond donors (Lipinski definition) is 1. The lowest BCUT2D eigenvalue weighted by Gasteiger charge is -1.95. The maximum absolute atomic E-state index is 11.2. The monoisotopic (exact) mass is 232 g/mol. The number of aromatic nitrogens is 2. The number of benzene rings is 1. The molecule has 0 atom stereocenters. The number of carboxylic acid groups (broad SMARTS) is 1. The highest BCUT2D eigenvalue weighted by Gasteiger charge is 2.18. The molecule has 0 unspecified atom stereocenters. The third kappa shape index (κ3) is 1.09. The van der Waals surface area contributed by atoms with Crippen LogP contribution in [0.4, 0.5) is 0 Å². The Labute approximate surface area is 94.8 Å². The molecular formula is C11H8N2O2S. The fraction of sp³-hybridized carbons (Fsp3) is 0.0909. The van der Waals surface area contributed by atoms with E-state index in [2.05, 4.69) is 4.98 Å². The Kier molecular flexibility index (Phi) is 1.79. The number of para-hydroxylation sites is 1. The maximum Gasteiger partial charge on any atom is 0.354 e. The molecule has 0 radical (unpaired) electrons. The van der Waals surface area contributed by atoms with Crippen molar-refractivity contribution in [3.8, 4) is 0 Å². The highest BCUT2D eigenvalue weighted by atomic mass is 32.1. The first kappa shape index (κ1) is 9.35. The lowest BCUT2D eigenvalue weighted by Crippen LogP contribution is -2.02. The Morgan fingerprint density at radius 2 is 2.19 bits per heavy atom. The molecule has 0 aliphatic rings. The van der Waals surface area contributed by atoms with Gasteiger partial charge in [-0.1, -0.05) is 23.5 Å². The van der Waals surface area contributed by atoms with Gasteiger partial charge < -0.3 is 5.11 Å². The number of fused-ring (bicyclic) bond motifs is 3. The van der Waals surface area contributed by atoms with Gasteiger partial charge in [0.25, 0.3) is 0 Å². The van der Waals surface area contributed by atoms with Gasteiger partial charge in [0.1, 0.15) is 0 Å². The smallest absolute Gasteiger partial charge is 0.354 e. The van der Waals surface area contributed by atoms with Gasteiger partial charge in [-0.3, -0.25) is 4.40 Å². The Bertz CT molecular complexity index is 711. The van der Waals surface area contributed by atoms with Crippen molar-refractivity contribution < 1.29 is 9.90 Å². The van der Waals surface area contributed by atoms with Gasteiger partial charge >= 0.3 is 5.97 Å². The van der Waals surface area contributed by atoms with Crippen LogP contribution in [-0.4, -0.2) is 20.5 Å². The summed E-state index contributed by atoms with van der Waals surface area (Å²) in [5.74, 6) is -0.937. The number of imidazole rings is 1. The zero-order chi connectivity index (χ0) is 11.3. The fourth-order valence-corrected chi connectivity index (χ4v) is 2.94. The Balaban J connectivity index is 2.57. The van der Waals surface area contributed by atoms with E-state index in [-0.39, 0.29) is 5.69 Å². The van der Waals surface area contributed by atoms with E-state index in [1.807, 2.05) is 24.3 Å². The van der Waals surface area contributed by atoms with Crippen molar-refractivity contribution >= 4 is 32.5 Å². The van der Waals surface area contributed by atoms with Crippen LogP contribution in [-0.2, 0) is 0 Å². The van der Waals surface area contributed by atoms with Crippen LogP contribution in [0.1, 0.15) is 16.2 Å². The molecule has 1 aromatic carbocycles. The molecule has 0 bridgehead atoms. The van der Waals surface area contributed by atoms with Gasteiger partial charge in [-0.25, -0.2) is 9.78 Å². The summed E-state index contributed by atoms with van der Waals surface area (Å²) < 4.78 is 2.75. The first-order valence-electron chi connectivity index (χ1n) is 4.78. The maximum atomic E-state index is 11.2. The first-order chi connectivity index (χ1) is 7.68. The molecule has 0 aliphatic heterocycles. The molecule has 0 saturated heterocycles. The average molecular weight is 232 g/mol. The van der Waals surface area contributed by atoms with Crippen molar-refractivity contribution in [3.63, 3.8) is 0 Å². The van der Waals surface area contributed by atoms with E-state index in [9.17, 15) is 9.90 Å². The molecule has 4 nitrogen and oxygen atoms in total. The molecule has 5 heteroatoms. The molecule has 1 N–H and O–H groups in total. The topological polar surface area (TPSA) is 54.6 Å². The lowest BCUT2D eigenvalue weighted by molar-refractivity contribution is 0.0689. The lowest BCUT2D eigenvalue weighted by atomic mass is 10.3. The van der Waals surface area contributed by atoms with Gasteiger partial charge in [0.15, 0.2) is 10.7 Å². The molecule has 80 valence electrons. The summed E-state index contributed by atoms with van der Waals surface area (Å²) in [6.45, 7) is 1.72. The molecule has 0 amide bonds. The van der Waals surface area contributed by atoms with E-state index in [1.54, 1.807) is 11.3 Å². The van der Waals surface area contributed by atoms with E-state index < -0.39 is 5.97 Å². The average Bonchev–Trinajstić information content (AvgIpc) is 2.71. The second-order valence-electron chi connectivity index (χ2n) is 3.54. The fourth-order valence-electron chi connectivity index (χ4n) is 1.87. The van der Waals surface area contributed by atoms with Crippen molar-refractivity contribution in [2.75, 3.05) is 0 Å². The van der Waals surface area contributed by atoms with E-state index in [4.69, 9.17) is 0 Å². The molecule has 2 heterocycles. The summed E-state index contributed by atoms with van der Waals surface area (Å²) in [7, 11) is 0. The predicted molar refractivity (Wildman–Crippen MR) is 62.3 cm³/mol. The number of aryl methyl sites for hydroxylation is 1. The van der Waals surface area contributed by atoms with Crippen LogP contribution >= 0.6 is 11.3 Å². The summed E-state index contributed by atoms with van der Waals surface area (Å²) in [6.07, 6.45) is 0. The second-order valence-corrected chi connectivity index (χ2v) is 4.55. The van der Waals surface area contributed by atoms with Crippen molar-refractivity contribution in [1.29, 1.82) is 0 Å². The van der Waals surface area contributed by atoms with Crippen LogP contribution in [0.3, 0.4) is 0 Å². The molecule has 3 aromatic rings. The van der Waals surface area contributed by atoms with Crippen LogP contribution in [0.15, 0.2) is 24.3 Å². The van der Waals surface area contributed by atoms with Crippen molar-refractivity contribution in [3.05, 3.63) is 35.7 Å². The van der Waals surface area contributed by atoms with Crippen molar-refractivity contribution in [2.45, 2.75) is 6.92 Å². The summed E-state index contributed by atoms with van der Waals surface area (Å²) in [4.78, 5) is 16.2. The van der Waals surface area contributed by atoms with Gasteiger partial charge in [-0.05, 0) is 19.1 Å². The second kappa shape index (κ2) is 3.05. The first-order valence-corrected chi connectivity index (χ1v) is 5.60. The quantitative estimate of drug-likeness (QED) is 0.701. The highest BCUT2D eigenvalue weighted by Crippen LogP contribution is 2.28. The molecule has 0 spiro atoms. The zero-order valence-corrected chi connectivity index (χ0v) is 9.28. The number of rotatable bonds is 1. The van der Waals surface area contributed by atoms with E-state index in [0.29, 0.717) is 5.69 Å². The molecule has 0 saturated carbocycles. The predicted octanol–water partition coefficient (Wildman–Crippen LogP) is 2.56. The van der Waals surface area contributed by atoms with Gasteiger partial charge in [0.2, 0.25) is 0 Å². The number of nitrogens with zero attached hydrogens (tertiary/aromatic N) is 2.